The van der Waals surface area contributed by atoms with E-state index in [0.29, 0.717) is 17.1 Å². The fourth-order valence-corrected chi connectivity index (χ4v) is 4.93. The number of amides is 2. The van der Waals surface area contributed by atoms with Crippen molar-refractivity contribution in [1.82, 2.24) is 24.8 Å². The number of carbonyl (C=O) groups excluding carboxylic acids is 2. The Morgan fingerprint density at radius 3 is 2.42 bits per heavy atom. The van der Waals surface area contributed by atoms with Gasteiger partial charge >= 0.3 is 6.18 Å². The highest BCUT2D eigenvalue weighted by molar-refractivity contribution is 5.95. The molecule has 1 aliphatic heterocycles. The van der Waals surface area contributed by atoms with Gasteiger partial charge in [0.25, 0.3) is 11.8 Å². The first kappa shape index (κ1) is 29.7. The molecule has 1 aromatic carbocycles. The monoisotopic (exact) mass is 598 g/mol. The smallest absolute Gasteiger partial charge is 0.384 e. The standard InChI is InChI=1S/C30H27F5N6O2/c1-40-22(17-39-26(42)7-3-18-2-6-25(36)38-15-18)13-21-12-20(14-23(27(21)40)30(33,34)35)24-5-4-19(16-37-24)28(43)41-10-8-29(31,32)9-11-41/h2-7,12-16H,8-11,17H2,1H3,(H2,36,38)(H,39,42). The van der Waals surface area contributed by atoms with Crippen LogP contribution < -0.4 is 11.1 Å². The van der Waals surface area contributed by atoms with Gasteiger partial charge in [-0.25, -0.2) is 13.8 Å². The lowest BCUT2D eigenvalue weighted by Gasteiger charge is -2.31. The van der Waals surface area contributed by atoms with E-state index in [-0.39, 0.29) is 47.4 Å². The summed E-state index contributed by atoms with van der Waals surface area (Å²) >= 11 is 0. The number of fused-ring (bicyclic) bond motifs is 1. The average Bonchev–Trinajstić information content (AvgIpc) is 3.29. The first-order valence-electron chi connectivity index (χ1n) is 13.3. The molecule has 5 rings (SSSR count). The van der Waals surface area contributed by atoms with Crippen LogP contribution in [-0.2, 0) is 24.6 Å². The summed E-state index contributed by atoms with van der Waals surface area (Å²) in [4.78, 5) is 34.6. The number of hydrogen-bond acceptors (Lipinski definition) is 5. The zero-order valence-electron chi connectivity index (χ0n) is 23.0. The third-order valence-electron chi connectivity index (χ3n) is 7.30. The van der Waals surface area contributed by atoms with E-state index >= 15 is 0 Å². The van der Waals surface area contributed by atoms with Crippen LogP contribution in [0.3, 0.4) is 0 Å². The number of aryl methyl sites for hydroxylation is 1. The number of nitrogen functional groups attached to an aromatic ring is 1. The van der Waals surface area contributed by atoms with Crippen LogP contribution in [0.2, 0.25) is 0 Å². The van der Waals surface area contributed by atoms with Crippen LogP contribution in [0.5, 0.6) is 0 Å². The Morgan fingerprint density at radius 2 is 1.79 bits per heavy atom. The minimum absolute atomic E-state index is 0.0293. The number of hydrogen-bond donors (Lipinski definition) is 2. The number of carbonyl (C=O) groups is 2. The lowest BCUT2D eigenvalue weighted by atomic mass is 10.0. The number of alkyl halides is 5. The summed E-state index contributed by atoms with van der Waals surface area (Å²) in [5.41, 5.74) is 6.24. The van der Waals surface area contributed by atoms with Crippen molar-refractivity contribution >= 4 is 34.6 Å². The Kier molecular flexibility index (Phi) is 7.91. The molecule has 2 amide bonds. The molecule has 3 aromatic heterocycles. The summed E-state index contributed by atoms with van der Waals surface area (Å²) in [5.74, 6) is -3.37. The van der Waals surface area contributed by atoms with Crippen molar-refractivity contribution in [3.8, 4) is 11.3 Å². The maximum absolute atomic E-state index is 14.2. The molecule has 43 heavy (non-hydrogen) atoms. The van der Waals surface area contributed by atoms with E-state index in [1.165, 1.54) is 53.2 Å². The molecule has 1 fully saturated rings. The minimum Gasteiger partial charge on any atom is -0.384 e. The molecule has 224 valence electrons. The van der Waals surface area contributed by atoms with Crippen LogP contribution in [0.25, 0.3) is 28.2 Å². The molecule has 0 aliphatic carbocycles. The number of likely N-dealkylation sites (tertiary alicyclic amines) is 1. The number of rotatable bonds is 6. The van der Waals surface area contributed by atoms with Gasteiger partial charge in [0.2, 0.25) is 5.91 Å². The number of halogens is 5. The summed E-state index contributed by atoms with van der Waals surface area (Å²) < 4.78 is 70.9. The molecule has 0 spiro atoms. The van der Waals surface area contributed by atoms with E-state index in [1.807, 2.05) is 0 Å². The van der Waals surface area contributed by atoms with Crippen LogP contribution in [0.1, 0.15) is 40.0 Å². The fraction of sp³-hybridized carbons (Fsp3) is 0.267. The topological polar surface area (TPSA) is 106 Å². The molecule has 1 saturated heterocycles. The molecular formula is C30H27F5N6O2. The summed E-state index contributed by atoms with van der Waals surface area (Å²) in [6.45, 7) is -0.211. The van der Waals surface area contributed by atoms with Gasteiger partial charge in [-0.05, 0) is 54.1 Å². The van der Waals surface area contributed by atoms with Crippen molar-refractivity contribution in [1.29, 1.82) is 0 Å². The van der Waals surface area contributed by atoms with Crippen molar-refractivity contribution in [2.45, 2.75) is 31.5 Å². The van der Waals surface area contributed by atoms with Gasteiger partial charge in [-0.1, -0.05) is 0 Å². The zero-order valence-corrected chi connectivity index (χ0v) is 23.0. The Morgan fingerprint density at radius 1 is 1.05 bits per heavy atom. The van der Waals surface area contributed by atoms with Gasteiger partial charge in [-0.3, -0.25) is 14.6 Å². The van der Waals surface area contributed by atoms with Crippen molar-refractivity contribution in [3.05, 3.63) is 83.3 Å². The zero-order chi connectivity index (χ0) is 30.9. The number of nitrogens with one attached hydrogen (secondary N) is 1. The molecule has 13 heteroatoms. The number of piperidine rings is 1. The molecule has 0 saturated carbocycles. The van der Waals surface area contributed by atoms with E-state index in [4.69, 9.17) is 5.73 Å². The summed E-state index contributed by atoms with van der Waals surface area (Å²) in [5, 5.41) is 2.96. The van der Waals surface area contributed by atoms with Crippen LogP contribution in [0, 0.1) is 0 Å². The normalized spacial score (nSPS) is 15.3. The molecule has 0 radical (unpaired) electrons. The van der Waals surface area contributed by atoms with Crippen molar-refractivity contribution in [2.24, 2.45) is 7.05 Å². The number of benzene rings is 1. The fourth-order valence-electron chi connectivity index (χ4n) is 4.93. The molecule has 8 nitrogen and oxygen atoms in total. The average molecular weight is 599 g/mol. The second-order valence-electron chi connectivity index (χ2n) is 10.3. The van der Waals surface area contributed by atoms with Gasteiger partial charge < -0.3 is 20.5 Å². The molecule has 4 aromatic rings. The minimum atomic E-state index is -4.69. The second kappa shape index (κ2) is 11.5. The quantitative estimate of drug-likeness (QED) is 0.227. The Bertz CT molecular complexity index is 1690. The van der Waals surface area contributed by atoms with Crippen LogP contribution in [0.15, 0.2) is 60.9 Å². The SMILES string of the molecule is Cn1c(CNC(=O)C=Cc2ccc(N)nc2)cc2cc(-c3ccc(C(=O)N4CCC(F)(F)CC4)cn3)cc(C(F)(F)F)c21. The molecular weight excluding hydrogens is 571 g/mol. The number of anilines is 1. The Labute approximate surface area is 243 Å². The molecule has 0 unspecified atom stereocenters. The molecule has 4 heterocycles. The molecule has 0 atom stereocenters. The highest BCUT2D eigenvalue weighted by atomic mass is 19.4. The summed E-state index contributed by atoms with van der Waals surface area (Å²) in [6.07, 6.45) is 0.0169. The molecule has 3 N–H and O–H groups in total. The maximum Gasteiger partial charge on any atom is 0.418 e. The highest BCUT2D eigenvalue weighted by Gasteiger charge is 2.36. The van der Waals surface area contributed by atoms with E-state index in [2.05, 4.69) is 15.3 Å². The second-order valence-corrected chi connectivity index (χ2v) is 10.3. The highest BCUT2D eigenvalue weighted by Crippen LogP contribution is 2.39. The predicted octanol–water partition coefficient (Wildman–Crippen LogP) is 5.44. The van der Waals surface area contributed by atoms with Gasteiger partial charge in [0.05, 0.1) is 28.9 Å². The first-order valence-corrected chi connectivity index (χ1v) is 13.3. The Hall–Kier alpha value is -4.81. The molecule has 0 bridgehead atoms. The molecule has 1 aliphatic rings. The van der Waals surface area contributed by atoms with Crippen LogP contribution >= 0.6 is 0 Å². The van der Waals surface area contributed by atoms with Crippen molar-refractivity contribution < 1.29 is 31.5 Å². The number of nitrogens with zero attached hydrogens (tertiary/aromatic N) is 4. The largest absolute Gasteiger partial charge is 0.418 e. The summed E-state index contributed by atoms with van der Waals surface area (Å²) in [7, 11) is 1.49. The predicted molar refractivity (Wildman–Crippen MR) is 151 cm³/mol. The van der Waals surface area contributed by atoms with Crippen LogP contribution in [0.4, 0.5) is 27.8 Å². The van der Waals surface area contributed by atoms with Gasteiger partial charge in [-0.15, -0.1) is 0 Å². The van der Waals surface area contributed by atoms with Gasteiger partial charge in [-0.2, -0.15) is 13.2 Å². The third kappa shape index (κ3) is 6.65. The van der Waals surface area contributed by atoms with E-state index in [9.17, 15) is 31.5 Å². The third-order valence-corrected chi connectivity index (χ3v) is 7.30. The van der Waals surface area contributed by atoms with Gasteiger partial charge in [0.15, 0.2) is 0 Å². The lowest BCUT2D eigenvalue weighted by Crippen LogP contribution is -2.42. The van der Waals surface area contributed by atoms with E-state index in [0.717, 1.165) is 6.07 Å². The first-order chi connectivity index (χ1) is 20.3. The van der Waals surface area contributed by atoms with Crippen LogP contribution in [-0.4, -0.2) is 50.3 Å². The number of pyridine rings is 2. The van der Waals surface area contributed by atoms with E-state index in [1.54, 1.807) is 24.3 Å². The van der Waals surface area contributed by atoms with Crippen molar-refractivity contribution in [2.75, 3.05) is 18.8 Å². The maximum atomic E-state index is 14.2. The van der Waals surface area contributed by atoms with E-state index < -0.39 is 42.3 Å². The van der Waals surface area contributed by atoms with Gasteiger partial charge in [0.1, 0.15) is 5.82 Å². The lowest BCUT2D eigenvalue weighted by molar-refractivity contribution is -0.136. The Balaban J connectivity index is 1.37. The number of aromatic nitrogens is 3. The number of nitrogens with two attached hydrogens (primary N) is 1. The summed E-state index contributed by atoms with van der Waals surface area (Å²) in [6, 6.07) is 10.2. The van der Waals surface area contributed by atoms with Crippen molar-refractivity contribution in [3.63, 3.8) is 0 Å². The van der Waals surface area contributed by atoms with Gasteiger partial charge in [0, 0.05) is 68.1 Å².